The molecule has 0 heterocycles. The Labute approximate surface area is 122 Å². The lowest BCUT2D eigenvalue weighted by molar-refractivity contribution is -0.307. The van der Waals surface area contributed by atoms with Gasteiger partial charge in [-0.25, -0.2) is 0 Å². The molecule has 108 valence electrons. The molecule has 0 bridgehead atoms. The van der Waals surface area contributed by atoms with E-state index in [2.05, 4.69) is 15.8 Å². The number of carboxylic acids is 1. The predicted octanol–water partition coefficient (Wildman–Crippen LogP) is 0.0217. The number of carbonyl (C=O) groups excluding carboxylic acids is 1. The number of ether oxygens (including phenoxy) is 1. The topological polar surface area (TPSA) is 85.8 Å². The third-order valence-electron chi connectivity index (χ3n) is 2.05. The molecule has 0 aliphatic heterocycles. The van der Waals surface area contributed by atoms with Gasteiger partial charge in [0, 0.05) is 11.6 Å². The van der Waals surface area contributed by atoms with Gasteiger partial charge in [-0.1, -0.05) is 12.1 Å². The van der Waals surface area contributed by atoms with Crippen LogP contribution in [0, 0.1) is 0 Å². The largest absolute Gasteiger partial charge is 0.546 e. The van der Waals surface area contributed by atoms with Crippen LogP contribution < -0.4 is 20.6 Å². The maximum atomic E-state index is 10.4. The van der Waals surface area contributed by atoms with Crippen LogP contribution in [0.5, 0.6) is 5.75 Å². The minimum atomic E-state index is -1.28. The van der Waals surface area contributed by atoms with Gasteiger partial charge in [0.25, 0.3) is 0 Å². The van der Waals surface area contributed by atoms with Crippen molar-refractivity contribution >= 4 is 29.5 Å². The van der Waals surface area contributed by atoms with Crippen molar-refractivity contribution in [2.75, 3.05) is 6.61 Å². The lowest BCUT2D eigenvalue weighted by Gasteiger charge is -2.10. The zero-order valence-electron chi connectivity index (χ0n) is 11.3. The highest BCUT2D eigenvalue weighted by molar-refractivity contribution is 7.80. The van der Waals surface area contributed by atoms with Crippen LogP contribution in [0.15, 0.2) is 29.4 Å². The Kier molecular flexibility index (Phi) is 6.45. The second kappa shape index (κ2) is 8.11. The number of carboxylic acid groups (broad SMARTS) is 1. The smallest absolute Gasteiger partial charge is 0.187 e. The van der Waals surface area contributed by atoms with Crippen molar-refractivity contribution in [2.45, 2.75) is 19.9 Å². The van der Waals surface area contributed by atoms with Crippen molar-refractivity contribution in [3.63, 3.8) is 0 Å². The molecule has 7 heteroatoms. The summed E-state index contributed by atoms with van der Waals surface area (Å²) >= 11 is 5.01. The fourth-order valence-electron chi connectivity index (χ4n) is 1.31. The maximum absolute atomic E-state index is 10.4. The van der Waals surface area contributed by atoms with Crippen LogP contribution in [0.4, 0.5) is 0 Å². The van der Waals surface area contributed by atoms with Crippen LogP contribution >= 0.6 is 12.2 Å². The first kappa shape index (κ1) is 15.9. The van der Waals surface area contributed by atoms with E-state index in [0.29, 0.717) is 16.4 Å². The van der Waals surface area contributed by atoms with Gasteiger partial charge in [0.15, 0.2) is 5.11 Å². The summed E-state index contributed by atoms with van der Waals surface area (Å²) in [5.74, 6) is -0.873. The van der Waals surface area contributed by atoms with Gasteiger partial charge in [-0.05, 0) is 38.2 Å². The molecule has 1 aromatic rings. The Hall–Kier alpha value is -2.15. The molecule has 0 atom stereocenters. The van der Waals surface area contributed by atoms with Crippen molar-refractivity contribution in [3.8, 4) is 5.75 Å². The van der Waals surface area contributed by atoms with E-state index in [0.717, 1.165) is 0 Å². The zero-order chi connectivity index (χ0) is 15.0. The molecule has 0 fully saturated rings. The second-order valence-electron chi connectivity index (χ2n) is 4.20. The zero-order valence-corrected chi connectivity index (χ0v) is 12.1. The molecule has 0 unspecified atom stereocenters. The molecule has 1 rings (SSSR count). The van der Waals surface area contributed by atoms with Crippen LogP contribution in [0.1, 0.15) is 19.4 Å². The molecule has 0 spiro atoms. The van der Waals surface area contributed by atoms with Gasteiger partial charge in [0.1, 0.15) is 12.4 Å². The molecule has 2 N–H and O–H groups in total. The van der Waals surface area contributed by atoms with Gasteiger partial charge >= 0.3 is 0 Å². The van der Waals surface area contributed by atoms with E-state index in [9.17, 15) is 9.90 Å². The summed E-state index contributed by atoms with van der Waals surface area (Å²) in [6, 6.07) is 7.13. The first-order valence-corrected chi connectivity index (χ1v) is 6.41. The highest BCUT2D eigenvalue weighted by Crippen LogP contribution is 2.15. The van der Waals surface area contributed by atoms with Crippen LogP contribution in [0.3, 0.4) is 0 Å². The van der Waals surface area contributed by atoms with Crippen LogP contribution in [-0.2, 0) is 4.79 Å². The Morgan fingerprint density at radius 2 is 2.20 bits per heavy atom. The fraction of sp³-hybridized carbons (Fsp3) is 0.308. The van der Waals surface area contributed by atoms with E-state index >= 15 is 0 Å². The summed E-state index contributed by atoms with van der Waals surface area (Å²) < 4.78 is 5.09. The first-order chi connectivity index (χ1) is 9.49. The number of nitrogens with zero attached hydrogens (tertiary/aromatic N) is 1. The molecule has 0 aliphatic carbocycles. The van der Waals surface area contributed by atoms with Crippen LogP contribution in [-0.4, -0.2) is 29.9 Å². The van der Waals surface area contributed by atoms with Crippen molar-refractivity contribution in [3.05, 3.63) is 29.8 Å². The summed E-state index contributed by atoms with van der Waals surface area (Å²) in [7, 11) is 0. The Morgan fingerprint density at radius 3 is 2.85 bits per heavy atom. The lowest BCUT2D eigenvalue weighted by atomic mass is 10.2. The molecule has 6 nitrogen and oxygen atoms in total. The number of thiocarbonyl (C=S) groups is 1. The van der Waals surface area contributed by atoms with E-state index in [1.165, 1.54) is 6.21 Å². The Balaban J connectivity index is 2.62. The van der Waals surface area contributed by atoms with Gasteiger partial charge in [-0.3, -0.25) is 5.43 Å². The minimum Gasteiger partial charge on any atom is -0.546 e. The van der Waals surface area contributed by atoms with Crippen LogP contribution in [0.25, 0.3) is 0 Å². The monoisotopic (exact) mass is 294 g/mol. The molecule has 0 aromatic heterocycles. The third kappa shape index (κ3) is 6.14. The maximum Gasteiger partial charge on any atom is 0.187 e. The number of aliphatic carboxylic acids is 1. The first-order valence-electron chi connectivity index (χ1n) is 6.00. The quantitative estimate of drug-likeness (QED) is 0.437. The van der Waals surface area contributed by atoms with E-state index < -0.39 is 12.6 Å². The van der Waals surface area contributed by atoms with E-state index in [1.807, 2.05) is 13.8 Å². The highest BCUT2D eigenvalue weighted by atomic mass is 32.1. The standard InChI is InChI=1S/C13H17N3O3S/c1-9(2)15-13(20)16-14-7-10-5-3-4-6-11(10)19-8-12(17)18/h3-7,9H,8H2,1-2H3,(H,17,18)(H2,15,16,20)/p-1/b14-7-. The minimum absolute atomic E-state index is 0.212. The second-order valence-corrected chi connectivity index (χ2v) is 4.60. The van der Waals surface area contributed by atoms with E-state index in [4.69, 9.17) is 17.0 Å². The summed E-state index contributed by atoms with van der Waals surface area (Å²) in [6.07, 6.45) is 1.50. The lowest BCUT2D eigenvalue weighted by Crippen LogP contribution is -2.36. The molecule has 1 aromatic carbocycles. The summed E-state index contributed by atoms with van der Waals surface area (Å²) in [5, 5.41) is 17.7. The molecular weight excluding hydrogens is 278 g/mol. The molecule has 20 heavy (non-hydrogen) atoms. The molecular formula is C13H16N3O3S-. The molecule has 0 saturated carbocycles. The van der Waals surface area contributed by atoms with Gasteiger partial charge in [0.2, 0.25) is 0 Å². The average Bonchev–Trinajstić information content (AvgIpc) is 2.36. The Bertz CT molecular complexity index is 503. The molecule has 0 radical (unpaired) electrons. The van der Waals surface area contributed by atoms with Crippen molar-refractivity contribution in [1.29, 1.82) is 0 Å². The van der Waals surface area contributed by atoms with Gasteiger partial charge in [-0.15, -0.1) is 0 Å². The van der Waals surface area contributed by atoms with Crippen molar-refractivity contribution < 1.29 is 14.6 Å². The average molecular weight is 294 g/mol. The predicted molar refractivity (Wildman–Crippen MR) is 78.5 cm³/mol. The summed E-state index contributed by atoms with van der Waals surface area (Å²) in [5.41, 5.74) is 3.29. The van der Waals surface area contributed by atoms with Crippen LogP contribution in [0.2, 0.25) is 0 Å². The van der Waals surface area contributed by atoms with E-state index in [-0.39, 0.29) is 6.04 Å². The number of hydrogen-bond donors (Lipinski definition) is 2. The van der Waals surface area contributed by atoms with Gasteiger partial charge in [0.05, 0.1) is 12.2 Å². The number of nitrogens with one attached hydrogen (secondary N) is 2. The number of benzene rings is 1. The normalized spacial score (nSPS) is 10.6. The SMILES string of the molecule is CC(C)NC(=S)N/N=C\c1ccccc1OCC(=O)[O-]. The molecule has 0 aliphatic rings. The number of hydrogen-bond acceptors (Lipinski definition) is 5. The fourth-order valence-corrected chi connectivity index (χ4v) is 1.60. The Morgan fingerprint density at radius 1 is 1.50 bits per heavy atom. The summed E-state index contributed by atoms with van der Waals surface area (Å²) in [4.78, 5) is 10.4. The number of hydrazone groups is 1. The van der Waals surface area contributed by atoms with Crippen molar-refractivity contribution in [1.82, 2.24) is 10.7 Å². The third-order valence-corrected chi connectivity index (χ3v) is 2.26. The number of carbonyl (C=O) groups is 1. The molecule has 0 saturated heterocycles. The number of rotatable bonds is 6. The van der Waals surface area contributed by atoms with Gasteiger partial charge < -0.3 is 20.0 Å². The number of para-hydroxylation sites is 1. The summed E-state index contributed by atoms with van der Waals surface area (Å²) in [6.45, 7) is 3.41. The van der Waals surface area contributed by atoms with Crippen molar-refractivity contribution in [2.24, 2.45) is 5.10 Å². The highest BCUT2D eigenvalue weighted by Gasteiger charge is 2.01. The van der Waals surface area contributed by atoms with Gasteiger partial charge in [-0.2, -0.15) is 5.10 Å². The molecule has 0 amide bonds. The van der Waals surface area contributed by atoms with E-state index in [1.54, 1.807) is 24.3 Å².